The molecule has 1 aliphatic rings. The van der Waals surface area contributed by atoms with Gasteiger partial charge in [-0.15, -0.1) is 5.92 Å². The monoisotopic (exact) mass is 184 g/mol. The summed E-state index contributed by atoms with van der Waals surface area (Å²) in [4.78, 5) is 0. The van der Waals surface area contributed by atoms with Gasteiger partial charge < -0.3 is 11.9 Å². The molecule has 0 aromatic rings. The van der Waals surface area contributed by atoms with Crippen LogP contribution < -0.4 is 5.32 Å². The summed E-state index contributed by atoms with van der Waals surface area (Å²) in [5, 5.41) is 3.05. The molecule has 2 heteroatoms. The Kier molecular flexibility index (Phi) is 5.13. The van der Waals surface area contributed by atoms with Crippen LogP contribution in [0.4, 0.5) is 0 Å². The molecule has 1 N–H and O–H groups in total. The third kappa shape index (κ3) is 2.38. The molecule has 43 valence electrons. The fourth-order valence-electron chi connectivity index (χ4n) is 0.611. The Labute approximate surface area is 75.8 Å². The van der Waals surface area contributed by atoms with E-state index in [-0.39, 0.29) is 32.7 Å². The molecule has 0 saturated carbocycles. The molecule has 1 saturated heterocycles. The molecular weight excluding hydrogens is 175 g/mol. The van der Waals surface area contributed by atoms with Gasteiger partial charge in [0, 0.05) is 32.7 Å². The largest absolute Gasteiger partial charge is 0.518 e. The van der Waals surface area contributed by atoms with Crippen LogP contribution in [0.25, 0.3) is 0 Å². The van der Waals surface area contributed by atoms with Crippen LogP contribution in [0.5, 0.6) is 0 Å². The number of rotatable bonds is 2. The van der Waals surface area contributed by atoms with Gasteiger partial charge in [0.05, 0.1) is 0 Å². The van der Waals surface area contributed by atoms with Crippen LogP contribution in [-0.2, 0) is 32.7 Å². The summed E-state index contributed by atoms with van der Waals surface area (Å²) in [5.74, 6) is 0.713. The van der Waals surface area contributed by atoms with E-state index in [4.69, 9.17) is 6.58 Å². The average molecular weight is 184 g/mol. The van der Waals surface area contributed by atoms with Crippen LogP contribution in [0.15, 0.2) is 6.08 Å². The Morgan fingerprint density at radius 3 is 2.62 bits per heavy atom. The molecule has 1 nitrogen and oxygen atoms in total. The SMILES string of the molecule is [CH-]=CCC1[CH-]NC1.[Y]. The third-order valence-electron chi connectivity index (χ3n) is 1.17. The first kappa shape index (κ1) is 8.80. The topological polar surface area (TPSA) is 12.0 Å². The van der Waals surface area contributed by atoms with Crippen LogP contribution in [-0.4, -0.2) is 6.54 Å². The number of hydrogen-bond acceptors (Lipinski definition) is 1. The maximum Gasteiger partial charge on any atom is 0 e. The molecule has 1 unspecified atom stereocenters. The number of allylic oxidation sites excluding steroid dienone is 1. The first-order valence-electron chi connectivity index (χ1n) is 2.53. The van der Waals surface area contributed by atoms with Crippen molar-refractivity contribution in [2.45, 2.75) is 6.42 Å². The minimum Gasteiger partial charge on any atom is -0.518 e. The minimum absolute atomic E-state index is 0. The van der Waals surface area contributed by atoms with Gasteiger partial charge in [-0.2, -0.15) is 0 Å². The second-order valence-corrected chi connectivity index (χ2v) is 1.81. The van der Waals surface area contributed by atoms with E-state index < -0.39 is 0 Å². The van der Waals surface area contributed by atoms with Gasteiger partial charge in [0.25, 0.3) is 0 Å². The van der Waals surface area contributed by atoms with Gasteiger partial charge in [-0.25, -0.2) is 0 Å². The smallest absolute Gasteiger partial charge is 0 e. The first-order valence-corrected chi connectivity index (χ1v) is 2.53. The van der Waals surface area contributed by atoms with Gasteiger partial charge in [0.2, 0.25) is 0 Å². The van der Waals surface area contributed by atoms with Crippen molar-refractivity contribution in [2.24, 2.45) is 5.92 Å². The number of nitrogens with one attached hydrogen (secondary N) is 1. The van der Waals surface area contributed by atoms with Crippen molar-refractivity contribution in [3.05, 3.63) is 19.2 Å². The first-order chi connectivity index (χ1) is 3.43. The molecule has 1 radical (unpaired) electrons. The molecule has 0 bridgehead atoms. The van der Waals surface area contributed by atoms with Gasteiger partial charge in [0.15, 0.2) is 0 Å². The maximum absolute atomic E-state index is 5.17. The molecule has 1 rings (SSSR count). The number of hydrogen-bond donors (Lipinski definition) is 1. The molecule has 0 spiro atoms. The van der Waals surface area contributed by atoms with E-state index in [9.17, 15) is 0 Å². The zero-order valence-corrected chi connectivity index (χ0v) is 7.64. The molecule has 0 amide bonds. The summed E-state index contributed by atoms with van der Waals surface area (Å²) in [5.41, 5.74) is 0. The summed E-state index contributed by atoms with van der Waals surface area (Å²) in [6, 6.07) is 0. The van der Waals surface area contributed by atoms with Crippen LogP contribution in [0.2, 0.25) is 0 Å². The van der Waals surface area contributed by atoms with Crippen LogP contribution >= 0.6 is 0 Å². The molecule has 8 heavy (non-hydrogen) atoms. The molecule has 1 heterocycles. The predicted octanol–water partition coefficient (Wildman–Crippen LogP) is 0.744. The van der Waals surface area contributed by atoms with E-state index in [1.54, 1.807) is 6.08 Å². The van der Waals surface area contributed by atoms with Crippen molar-refractivity contribution in [1.82, 2.24) is 5.32 Å². The van der Waals surface area contributed by atoms with Crippen LogP contribution in [0.3, 0.4) is 0 Å². The van der Waals surface area contributed by atoms with Gasteiger partial charge in [-0.1, -0.05) is 13.0 Å². The van der Waals surface area contributed by atoms with Crippen molar-refractivity contribution in [1.29, 1.82) is 0 Å². The van der Waals surface area contributed by atoms with E-state index in [1.165, 1.54) is 0 Å². The molecule has 0 aliphatic carbocycles. The zero-order valence-electron chi connectivity index (χ0n) is 4.80. The molecular formula is C6H9NY-2. The van der Waals surface area contributed by atoms with E-state index in [2.05, 4.69) is 11.9 Å². The van der Waals surface area contributed by atoms with E-state index in [0.717, 1.165) is 13.0 Å². The standard InChI is InChI=1S/C6H9N.Y/c1-2-3-6-4-7-5-6;/h1-2,4,6-7H,3,5H2;/q-2;. The van der Waals surface area contributed by atoms with Gasteiger partial charge in [-0.05, 0) is 0 Å². The van der Waals surface area contributed by atoms with Crippen LogP contribution in [0, 0.1) is 19.0 Å². The quantitative estimate of drug-likeness (QED) is 0.624. The van der Waals surface area contributed by atoms with E-state index >= 15 is 0 Å². The summed E-state index contributed by atoms with van der Waals surface area (Å²) < 4.78 is 0. The molecule has 1 fully saturated rings. The van der Waals surface area contributed by atoms with Gasteiger partial charge in [-0.3, -0.25) is 12.6 Å². The third-order valence-corrected chi connectivity index (χ3v) is 1.17. The van der Waals surface area contributed by atoms with Crippen molar-refractivity contribution >= 4 is 0 Å². The summed E-state index contributed by atoms with van der Waals surface area (Å²) in [6.45, 7) is 8.34. The second-order valence-electron chi connectivity index (χ2n) is 1.81. The summed E-state index contributed by atoms with van der Waals surface area (Å²) >= 11 is 0. The molecule has 1 atom stereocenters. The van der Waals surface area contributed by atoms with E-state index in [0.29, 0.717) is 5.92 Å². The summed E-state index contributed by atoms with van der Waals surface area (Å²) in [7, 11) is 0. The Bertz CT molecular complexity index is 68.9. The normalized spacial score (nSPS) is 25.2. The average Bonchev–Trinajstić information content (AvgIpc) is 1.55. The Morgan fingerprint density at radius 1 is 1.88 bits per heavy atom. The fraction of sp³-hybridized carbons (Fsp3) is 0.500. The Morgan fingerprint density at radius 2 is 2.50 bits per heavy atom. The van der Waals surface area contributed by atoms with Gasteiger partial charge in [0.1, 0.15) is 0 Å². The Hall–Kier alpha value is 0.804. The Balaban J connectivity index is 0.000000490. The van der Waals surface area contributed by atoms with Crippen LogP contribution in [0.1, 0.15) is 6.42 Å². The van der Waals surface area contributed by atoms with Crippen molar-refractivity contribution in [3.63, 3.8) is 0 Å². The zero-order chi connectivity index (χ0) is 5.11. The minimum atomic E-state index is 0. The van der Waals surface area contributed by atoms with Crippen molar-refractivity contribution < 1.29 is 32.7 Å². The fourth-order valence-corrected chi connectivity index (χ4v) is 0.611. The molecule has 1 aliphatic heterocycles. The van der Waals surface area contributed by atoms with Crippen molar-refractivity contribution in [3.8, 4) is 0 Å². The molecule has 0 aromatic heterocycles. The van der Waals surface area contributed by atoms with Crippen molar-refractivity contribution in [2.75, 3.05) is 6.54 Å². The molecule has 0 aromatic carbocycles. The van der Waals surface area contributed by atoms with E-state index in [1.807, 2.05) is 0 Å². The second kappa shape index (κ2) is 4.66. The van der Waals surface area contributed by atoms with Gasteiger partial charge >= 0.3 is 0 Å². The predicted molar refractivity (Wildman–Crippen MR) is 29.3 cm³/mol. The summed E-state index contributed by atoms with van der Waals surface area (Å²) in [6.07, 6.45) is 2.73. The maximum atomic E-state index is 5.17.